The molecule has 0 heterocycles. The average molecular weight is 310 g/mol. The van der Waals surface area contributed by atoms with E-state index in [1.807, 2.05) is 0 Å². The molecule has 2 aromatic carbocycles. The first-order chi connectivity index (χ1) is 9.91. The summed E-state index contributed by atoms with van der Waals surface area (Å²) >= 11 is 5.82. The van der Waals surface area contributed by atoms with Crippen LogP contribution in [0.15, 0.2) is 42.5 Å². The lowest BCUT2D eigenvalue weighted by molar-refractivity contribution is 0.0736. The highest BCUT2D eigenvalue weighted by molar-refractivity contribution is 6.30. The van der Waals surface area contributed by atoms with Crippen LogP contribution < -0.4 is 0 Å². The predicted molar refractivity (Wildman–Crippen MR) is 78.3 cm³/mol. The fraction of sp³-hybridized carbons (Fsp3) is 0.188. The van der Waals surface area contributed by atoms with E-state index in [1.54, 1.807) is 38.2 Å². The van der Waals surface area contributed by atoms with Crippen molar-refractivity contribution in [1.82, 2.24) is 4.90 Å². The minimum absolute atomic E-state index is 0.279. The molecule has 2 aromatic rings. The molecule has 0 radical (unpaired) electrons. The van der Waals surface area contributed by atoms with Crippen molar-refractivity contribution in [2.24, 2.45) is 0 Å². The van der Waals surface area contributed by atoms with E-state index < -0.39 is 17.5 Å². The van der Waals surface area contributed by atoms with Gasteiger partial charge in [0.25, 0.3) is 5.91 Å². The van der Waals surface area contributed by atoms with E-state index in [0.29, 0.717) is 5.02 Å². The van der Waals surface area contributed by atoms with Crippen LogP contribution in [0.1, 0.15) is 28.9 Å². The second-order valence-corrected chi connectivity index (χ2v) is 5.18. The number of hydrogen-bond donors (Lipinski definition) is 0. The topological polar surface area (TPSA) is 20.3 Å². The minimum atomic E-state index is -1.13. The van der Waals surface area contributed by atoms with E-state index in [0.717, 1.165) is 11.6 Å². The molecule has 0 aliphatic heterocycles. The average Bonchev–Trinajstić information content (AvgIpc) is 2.48. The third kappa shape index (κ3) is 3.22. The Morgan fingerprint density at radius 2 is 1.76 bits per heavy atom. The van der Waals surface area contributed by atoms with Crippen molar-refractivity contribution >= 4 is 17.5 Å². The summed E-state index contributed by atoms with van der Waals surface area (Å²) in [6, 6.07) is 10.3. The molecule has 21 heavy (non-hydrogen) atoms. The van der Waals surface area contributed by atoms with Crippen molar-refractivity contribution in [3.63, 3.8) is 0 Å². The molecule has 0 fully saturated rings. The highest BCUT2D eigenvalue weighted by Crippen LogP contribution is 2.23. The van der Waals surface area contributed by atoms with Gasteiger partial charge in [0.1, 0.15) is 0 Å². The summed E-state index contributed by atoms with van der Waals surface area (Å²) in [6.07, 6.45) is 0. The van der Waals surface area contributed by atoms with E-state index >= 15 is 0 Å². The minimum Gasteiger partial charge on any atom is -0.335 e. The molecule has 0 saturated heterocycles. The Morgan fingerprint density at radius 3 is 2.38 bits per heavy atom. The number of halogens is 3. The smallest absolute Gasteiger partial charge is 0.257 e. The lowest BCUT2D eigenvalue weighted by atomic mass is 10.1. The number of carbonyl (C=O) groups excluding carboxylic acids is 1. The summed E-state index contributed by atoms with van der Waals surface area (Å²) in [4.78, 5) is 13.7. The lowest BCUT2D eigenvalue weighted by Gasteiger charge is -2.25. The third-order valence-electron chi connectivity index (χ3n) is 3.44. The molecule has 1 unspecified atom stereocenters. The molecule has 0 aliphatic carbocycles. The molecule has 110 valence electrons. The van der Waals surface area contributed by atoms with Crippen LogP contribution in [0.3, 0.4) is 0 Å². The molecule has 1 amide bonds. The van der Waals surface area contributed by atoms with Crippen molar-refractivity contribution in [3.8, 4) is 0 Å². The highest BCUT2D eigenvalue weighted by atomic mass is 35.5. The van der Waals surface area contributed by atoms with Crippen LogP contribution in [0.2, 0.25) is 5.02 Å². The van der Waals surface area contributed by atoms with Gasteiger partial charge in [-0.15, -0.1) is 0 Å². The summed E-state index contributed by atoms with van der Waals surface area (Å²) in [5, 5.41) is 0.594. The van der Waals surface area contributed by atoms with E-state index in [-0.39, 0.29) is 11.6 Å². The molecule has 0 aromatic heterocycles. The van der Waals surface area contributed by atoms with Crippen LogP contribution in [0.25, 0.3) is 0 Å². The lowest BCUT2D eigenvalue weighted by Crippen LogP contribution is -2.30. The quantitative estimate of drug-likeness (QED) is 0.820. The normalized spacial score (nSPS) is 12.0. The molecule has 0 bridgehead atoms. The molecule has 2 nitrogen and oxygen atoms in total. The van der Waals surface area contributed by atoms with Gasteiger partial charge in [0.2, 0.25) is 0 Å². The molecule has 0 saturated carbocycles. The molecule has 1 atom stereocenters. The van der Waals surface area contributed by atoms with Crippen molar-refractivity contribution in [3.05, 3.63) is 70.2 Å². The number of hydrogen-bond acceptors (Lipinski definition) is 1. The predicted octanol–water partition coefficient (Wildman–Crippen LogP) is 4.45. The summed E-state index contributed by atoms with van der Waals surface area (Å²) in [7, 11) is 1.55. The third-order valence-corrected chi connectivity index (χ3v) is 3.69. The van der Waals surface area contributed by atoms with Gasteiger partial charge in [-0.2, -0.15) is 0 Å². The fourth-order valence-corrected chi connectivity index (χ4v) is 2.13. The Balaban J connectivity index is 2.26. The molecule has 0 spiro atoms. The number of amides is 1. The first-order valence-corrected chi connectivity index (χ1v) is 6.76. The molecule has 0 N–H and O–H groups in total. The van der Waals surface area contributed by atoms with Crippen LogP contribution in [0.5, 0.6) is 0 Å². The standard InChI is InChI=1S/C16H14ClF2NO/c1-10(11-6-8-12(17)9-7-11)20(2)16(21)13-4-3-5-14(18)15(13)19/h3-10H,1-2H3. The Kier molecular flexibility index (Phi) is 4.58. The van der Waals surface area contributed by atoms with Gasteiger partial charge in [-0.3, -0.25) is 4.79 Å². The second-order valence-electron chi connectivity index (χ2n) is 4.74. The SMILES string of the molecule is CC(c1ccc(Cl)cc1)N(C)C(=O)c1cccc(F)c1F. The first-order valence-electron chi connectivity index (χ1n) is 6.38. The first kappa shape index (κ1) is 15.4. The van der Waals surface area contributed by atoms with Gasteiger partial charge in [0, 0.05) is 12.1 Å². The second kappa shape index (κ2) is 6.22. The molecule has 0 aliphatic rings. The van der Waals surface area contributed by atoms with Crippen LogP contribution in [-0.4, -0.2) is 17.9 Å². The fourth-order valence-electron chi connectivity index (χ4n) is 2.00. The number of carbonyl (C=O) groups is 1. The Bertz CT molecular complexity index is 658. The number of benzene rings is 2. The van der Waals surface area contributed by atoms with Gasteiger partial charge in [0.15, 0.2) is 11.6 Å². The summed E-state index contributed by atoms with van der Waals surface area (Å²) < 4.78 is 26.9. The van der Waals surface area contributed by atoms with E-state index in [4.69, 9.17) is 11.6 Å². The van der Waals surface area contributed by atoms with E-state index in [2.05, 4.69) is 0 Å². The zero-order valence-corrected chi connectivity index (χ0v) is 12.4. The summed E-state index contributed by atoms with van der Waals surface area (Å²) in [5.74, 6) is -2.74. The van der Waals surface area contributed by atoms with Crippen LogP contribution in [0.4, 0.5) is 8.78 Å². The number of nitrogens with zero attached hydrogens (tertiary/aromatic N) is 1. The van der Waals surface area contributed by atoms with Gasteiger partial charge in [0.05, 0.1) is 11.6 Å². The zero-order valence-electron chi connectivity index (χ0n) is 11.6. The Hall–Kier alpha value is -1.94. The van der Waals surface area contributed by atoms with Crippen LogP contribution in [0, 0.1) is 11.6 Å². The summed E-state index contributed by atoms with van der Waals surface area (Å²) in [6.45, 7) is 1.80. The van der Waals surface area contributed by atoms with Crippen molar-refractivity contribution in [1.29, 1.82) is 0 Å². The van der Waals surface area contributed by atoms with Gasteiger partial charge in [-0.25, -0.2) is 8.78 Å². The van der Waals surface area contributed by atoms with Gasteiger partial charge >= 0.3 is 0 Å². The summed E-state index contributed by atoms with van der Waals surface area (Å²) in [5.41, 5.74) is 0.574. The van der Waals surface area contributed by atoms with E-state index in [9.17, 15) is 13.6 Å². The van der Waals surface area contributed by atoms with Crippen molar-refractivity contribution < 1.29 is 13.6 Å². The number of rotatable bonds is 3. The van der Waals surface area contributed by atoms with Gasteiger partial charge in [-0.1, -0.05) is 29.8 Å². The maximum absolute atomic E-state index is 13.7. The van der Waals surface area contributed by atoms with Crippen LogP contribution >= 0.6 is 11.6 Å². The molecule has 5 heteroatoms. The molecule has 2 rings (SSSR count). The Labute approximate surface area is 127 Å². The molecular formula is C16H14ClF2NO. The monoisotopic (exact) mass is 309 g/mol. The van der Waals surface area contributed by atoms with E-state index in [1.165, 1.54) is 17.0 Å². The van der Waals surface area contributed by atoms with Gasteiger partial charge in [-0.05, 0) is 36.8 Å². The van der Waals surface area contributed by atoms with Gasteiger partial charge < -0.3 is 4.90 Å². The maximum Gasteiger partial charge on any atom is 0.257 e. The maximum atomic E-state index is 13.7. The molecular weight excluding hydrogens is 296 g/mol. The van der Waals surface area contributed by atoms with Crippen LogP contribution in [-0.2, 0) is 0 Å². The van der Waals surface area contributed by atoms with Crippen molar-refractivity contribution in [2.45, 2.75) is 13.0 Å². The highest BCUT2D eigenvalue weighted by Gasteiger charge is 2.22. The largest absolute Gasteiger partial charge is 0.335 e. The zero-order chi connectivity index (χ0) is 15.6. The Morgan fingerprint density at radius 1 is 1.14 bits per heavy atom. The van der Waals surface area contributed by atoms with Crippen molar-refractivity contribution in [2.75, 3.05) is 7.05 Å².